The normalized spacial score (nSPS) is 12.0. The molecule has 0 aliphatic heterocycles. The van der Waals surface area contributed by atoms with Crippen LogP contribution in [-0.2, 0) is 17.8 Å². The maximum atomic E-state index is 13.4. The first-order chi connectivity index (χ1) is 14.9. The third-order valence-corrected chi connectivity index (χ3v) is 4.91. The fraction of sp³-hybridized carbons (Fsp3) is 0.333. The van der Waals surface area contributed by atoms with E-state index in [9.17, 15) is 19.4 Å². The maximum absolute atomic E-state index is 13.4. The number of carbonyl (C=O) groups is 1. The molecule has 2 aromatic carbocycles. The quantitative estimate of drug-likeness (QED) is 0.497. The van der Waals surface area contributed by atoms with Crippen LogP contribution in [0.2, 0.25) is 0 Å². The van der Waals surface area contributed by atoms with E-state index < -0.39 is 12.1 Å². The van der Waals surface area contributed by atoms with Gasteiger partial charge in [-0.3, -0.25) is 9.48 Å². The number of rotatable bonds is 10. The van der Waals surface area contributed by atoms with E-state index >= 15 is 0 Å². The van der Waals surface area contributed by atoms with Crippen molar-refractivity contribution in [3.05, 3.63) is 59.9 Å². The van der Waals surface area contributed by atoms with Gasteiger partial charge >= 0.3 is 5.97 Å². The highest BCUT2D eigenvalue weighted by atomic mass is 19.1. The number of hydrogen-bond donors (Lipinski definition) is 2. The van der Waals surface area contributed by atoms with Crippen LogP contribution >= 0.6 is 0 Å². The van der Waals surface area contributed by atoms with Gasteiger partial charge in [0.25, 0.3) is 0 Å². The number of benzene rings is 2. The van der Waals surface area contributed by atoms with Gasteiger partial charge in [-0.2, -0.15) is 5.10 Å². The topological polar surface area (TPSA) is 84.6 Å². The molecule has 0 saturated carbocycles. The highest BCUT2D eigenvalue weighted by Gasteiger charge is 2.18. The molecule has 0 bridgehead atoms. The van der Waals surface area contributed by atoms with Crippen molar-refractivity contribution in [2.45, 2.75) is 45.8 Å². The minimum atomic E-state index is -0.920. The maximum Gasteiger partial charge on any atom is 0.307 e. The van der Waals surface area contributed by atoms with E-state index in [2.05, 4.69) is 0 Å². The molecule has 0 radical (unpaired) electrons. The molecular formula is C24H27FN2O4. The Kier molecular flexibility index (Phi) is 7.41. The molecule has 2 N–H and O–H groups in total. The third-order valence-electron chi connectivity index (χ3n) is 4.91. The summed E-state index contributed by atoms with van der Waals surface area (Å²) in [6, 6.07) is 13.2. The largest absolute Gasteiger partial charge is 0.493 e. The minimum Gasteiger partial charge on any atom is -0.493 e. The van der Waals surface area contributed by atoms with Gasteiger partial charge in [0.15, 0.2) is 0 Å². The van der Waals surface area contributed by atoms with Crippen LogP contribution in [0.15, 0.2) is 48.5 Å². The molecular weight excluding hydrogens is 399 g/mol. The number of carboxylic acid groups (broad SMARTS) is 1. The molecule has 0 amide bonds. The Hall–Kier alpha value is -3.19. The molecule has 1 aromatic heterocycles. The smallest absolute Gasteiger partial charge is 0.307 e. The second-order valence-electron chi connectivity index (χ2n) is 7.42. The van der Waals surface area contributed by atoms with Crippen molar-refractivity contribution in [3.8, 4) is 28.3 Å². The molecule has 1 atom stereocenters. The molecule has 0 saturated heterocycles. The Morgan fingerprint density at radius 1 is 1.16 bits per heavy atom. The molecule has 31 heavy (non-hydrogen) atoms. The molecule has 164 valence electrons. The lowest BCUT2D eigenvalue weighted by Gasteiger charge is -2.12. The molecule has 1 heterocycles. The molecule has 0 aliphatic carbocycles. The van der Waals surface area contributed by atoms with E-state index in [-0.39, 0.29) is 18.8 Å². The Bertz CT molecular complexity index is 1030. The van der Waals surface area contributed by atoms with Gasteiger partial charge in [-0.15, -0.1) is 0 Å². The fourth-order valence-corrected chi connectivity index (χ4v) is 3.27. The first kappa shape index (κ1) is 22.5. The van der Waals surface area contributed by atoms with Gasteiger partial charge in [0.2, 0.25) is 0 Å². The number of halogens is 1. The van der Waals surface area contributed by atoms with E-state index in [0.717, 1.165) is 17.7 Å². The van der Waals surface area contributed by atoms with Gasteiger partial charge in [-0.1, -0.05) is 19.9 Å². The third kappa shape index (κ3) is 5.70. The van der Waals surface area contributed by atoms with Crippen LogP contribution in [0.5, 0.6) is 5.75 Å². The lowest BCUT2D eigenvalue weighted by Crippen LogP contribution is -2.16. The van der Waals surface area contributed by atoms with Gasteiger partial charge < -0.3 is 14.9 Å². The minimum absolute atomic E-state index is 0.110. The average molecular weight is 426 g/mol. The standard InChI is InChI=1S/C24H27FN2O4/c1-3-11-31-23-10-5-16(13-24(29)30)12-20(23)21-14-22(17-6-8-18(25)9-7-17)27(26-21)15-19(28)4-2/h5-10,12,14,19,28H,3-4,11,13,15H2,1-2H3,(H,29,30)/t19-/m0/s1. The van der Waals surface area contributed by atoms with Gasteiger partial charge in [-0.25, -0.2) is 4.39 Å². The second kappa shape index (κ2) is 10.2. The van der Waals surface area contributed by atoms with Gasteiger partial charge in [0.05, 0.1) is 37.1 Å². The second-order valence-corrected chi connectivity index (χ2v) is 7.42. The summed E-state index contributed by atoms with van der Waals surface area (Å²) in [5.74, 6) is -0.639. The average Bonchev–Trinajstić information content (AvgIpc) is 3.16. The van der Waals surface area contributed by atoms with Crippen molar-refractivity contribution in [3.63, 3.8) is 0 Å². The van der Waals surface area contributed by atoms with Gasteiger partial charge in [-0.05, 0) is 60.9 Å². The highest BCUT2D eigenvalue weighted by Crippen LogP contribution is 2.34. The summed E-state index contributed by atoms with van der Waals surface area (Å²) in [4.78, 5) is 11.2. The predicted octanol–water partition coefficient (Wildman–Crippen LogP) is 4.54. The number of aliphatic hydroxyl groups is 1. The zero-order valence-corrected chi connectivity index (χ0v) is 17.7. The lowest BCUT2D eigenvalue weighted by atomic mass is 10.0. The molecule has 6 nitrogen and oxygen atoms in total. The zero-order valence-electron chi connectivity index (χ0n) is 17.7. The van der Waals surface area contributed by atoms with Crippen LogP contribution in [0.3, 0.4) is 0 Å². The van der Waals surface area contributed by atoms with Crippen molar-refractivity contribution in [1.29, 1.82) is 0 Å². The van der Waals surface area contributed by atoms with Crippen LogP contribution in [-0.4, -0.2) is 38.7 Å². The number of ether oxygens (including phenoxy) is 1. The van der Waals surface area contributed by atoms with Crippen molar-refractivity contribution < 1.29 is 24.1 Å². The first-order valence-electron chi connectivity index (χ1n) is 10.4. The zero-order chi connectivity index (χ0) is 22.4. The summed E-state index contributed by atoms with van der Waals surface area (Å²) < 4.78 is 21.0. The molecule has 0 unspecified atom stereocenters. The van der Waals surface area contributed by atoms with Crippen LogP contribution in [0.1, 0.15) is 32.3 Å². The molecule has 0 fully saturated rings. The summed E-state index contributed by atoms with van der Waals surface area (Å²) in [5.41, 5.74) is 3.41. The summed E-state index contributed by atoms with van der Waals surface area (Å²) in [6.45, 7) is 4.69. The highest BCUT2D eigenvalue weighted by molar-refractivity contribution is 5.76. The van der Waals surface area contributed by atoms with Crippen molar-refractivity contribution in [2.75, 3.05) is 6.61 Å². The Morgan fingerprint density at radius 3 is 2.55 bits per heavy atom. The SMILES string of the molecule is CCCOc1ccc(CC(=O)O)cc1-c1cc(-c2ccc(F)cc2)n(C[C@@H](O)CC)n1. The monoisotopic (exact) mass is 426 g/mol. The van der Waals surface area contributed by atoms with Crippen molar-refractivity contribution in [2.24, 2.45) is 0 Å². The number of aliphatic carboxylic acids is 1. The number of carboxylic acids is 1. The summed E-state index contributed by atoms with van der Waals surface area (Å²) in [5, 5.41) is 24.1. The fourth-order valence-electron chi connectivity index (χ4n) is 3.27. The predicted molar refractivity (Wildman–Crippen MR) is 116 cm³/mol. The van der Waals surface area contributed by atoms with Crippen LogP contribution in [0, 0.1) is 5.82 Å². The van der Waals surface area contributed by atoms with E-state index in [1.807, 2.05) is 19.9 Å². The summed E-state index contributed by atoms with van der Waals surface area (Å²) >= 11 is 0. The van der Waals surface area contributed by atoms with E-state index in [1.54, 1.807) is 35.0 Å². The molecule has 3 rings (SSSR count). The van der Waals surface area contributed by atoms with E-state index in [1.165, 1.54) is 12.1 Å². The Morgan fingerprint density at radius 2 is 1.90 bits per heavy atom. The summed E-state index contributed by atoms with van der Waals surface area (Å²) in [7, 11) is 0. The number of hydrogen-bond acceptors (Lipinski definition) is 4. The molecule has 0 spiro atoms. The lowest BCUT2D eigenvalue weighted by molar-refractivity contribution is -0.136. The number of nitrogens with zero attached hydrogens (tertiary/aromatic N) is 2. The number of aromatic nitrogens is 2. The van der Waals surface area contributed by atoms with Gasteiger partial charge in [0.1, 0.15) is 11.6 Å². The molecule has 3 aromatic rings. The van der Waals surface area contributed by atoms with Gasteiger partial charge in [0, 0.05) is 11.1 Å². The molecule has 0 aliphatic rings. The Balaban J connectivity index is 2.11. The van der Waals surface area contributed by atoms with Crippen LogP contribution < -0.4 is 4.74 Å². The Labute approximate surface area is 180 Å². The van der Waals surface area contributed by atoms with E-state index in [0.29, 0.717) is 35.6 Å². The van der Waals surface area contributed by atoms with Crippen LogP contribution in [0.4, 0.5) is 4.39 Å². The number of aliphatic hydroxyl groups excluding tert-OH is 1. The first-order valence-corrected chi connectivity index (χ1v) is 10.4. The van der Waals surface area contributed by atoms with Crippen molar-refractivity contribution >= 4 is 5.97 Å². The summed E-state index contributed by atoms with van der Waals surface area (Å²) in [6.07, 6.45) is 0.702. The van der Waals surface area contributed by atoms with Crippen molar-refractivity contribution in [1.82, 2.24) is 9.78 Å². The van der Waals surface area contributed by atoms with E-state index in [4.69, 9.17) is 9.84 Å². The molecule has 7 heteroatoms. The van der Waals surface area contributed by atoms with Crippen LogP contribution in [0.25, 0.3) is 22.5 Å².